The van der Waals surface area contributed by atoms with Crippen LogP contribution in [-0.2, 0) is 9.53 Å². The summed E-state index contributed by atoms with van der Waals surface area (Å²) in [6, 6.07) is 8.51. The first-order valence-corrected chi connectivity index (χ1v) is 8.50. The smallest absolute Gasteiger partial charge is 0.341 e. The molecule has 0 spiro atoms. The van der Waals surface area contributed by atoms with Gasteiger partial charge < -0.3 is 19.5 Å². The molecule has 0 aromatic heterocycles. The molecule has 10 heteroatoms. The monoisotopic (exact) mass is 406 g/mol. The molecule has 0 bridgehead atoms. The molecule has 2 aromatic carbocycles. The maximum Gasteiger partial charge on any atom is 0.341 e. The van der Waals surface area contributed by atoms with Crippen molar-refractivity contribution in [1.82, 2.24) is 10.6 Å². The van der Waals surface area contributed by atoms with E-state index in [2.05, 4.69) is 10.1 Å². The normalized spacial score (nSPS) is 14.6. The number of imide groups is 1. The fraction of sp³-hybridized carbons (Fsp3) is 0.211. The predicted molar refractivity (Wildman–Crippen MR) is 94.5 cm³/mol. The van der Waals surface area contributed by atoms with Gasteiger partial charge in [-0.05, 0) is 24.3 Å². The average Bonchev–Trinajstić information content (AvgIpc) is 2.70. The number of esters is 1. The molecule has 2 aromatic rings. The molecule has 0 fully saturated rings. The highest BCUT2D eigenvalue weighted by molar-refractivity contribution is 5.97. The molecule has 1 unspecified atom stereocenters. The van der Waals surface area contributed by atoms with Gasteiger partial charge in [-0.1, -0.05) is 12.1 Å². The number of rotatable bonds is 5. The molecule has 2 N–H and O–H groups in total. The van der Waals surface area contributed by atoms with Gasteiger partial charge in [0.05, 0.1) is 12.1 Å². The van der Waals surface area contributed by atoms with Gasteiger partial charge in [-0.25, -0.2) is 18.4 Å². The van der Waals surface area contributed by atoms with Crippen LogP contribution in [0.5, 0.6) is 11.5 Å². The van der Waals surface area contributed by atoms with Crippen molar-refractivity contribution >= 4 is 17.9 Å². The van der Waals surface area contributed by atoms with Crippen LogP contribution in [0.2, 0.25) is 0 Å². The Bertz CT molecular complexity index is 937. The molecule has 3 rings (SSSR count). The molecule has 152 valence electrons. The van der Waals surface area contributed by atoms with Crippen LogP contribution in [0.1, 0.15) is 10.4 Å². The number of hydrogen-bond donors (Lipinski definition) is 2. The second-order valence-electron chi connectivity index (χ2n) is 5.96. The van der Waals surface area contributed by atoms with Crippen LogP contribution < -0.4 is 20.1 Å². The number of benzene rings is 2. The second-order valence-corrected chi connectivity index (χ2v) is 5.96. The lowest BCUT2D eigenvalue weighted by Crippen LogP contribution is -2.46. The number of urea groups is 1. The summed E-state index contributed by atoms with van der Waals surface area (Å²) in [5.41, 5.74) is -0.529. The van der Waals surface area contributed by atoms with Gasteiger partial charge in [-0.3, -0.25) is 10.1 Å². The highest BCUT2D eigenvalue weighted by Gasteiger charge is 2.22. The molecule has 3 amide bonds. The number of halogens is 2. The lowest BCUT2D eigenvalue weighted by atomic mass is 10.2. The minimum atomic E-state index is -1.16. The van der Waals surface area contributed by atoms with Gasteiger partial charge >= 0.3 is 12.0 Å². The Morgan fingerprint density at radius 2 is 1.86 bits per heavy atom. The first-order chi connectivity index (χ1) is 13.9. The highest BCUT2D eigenvalue weighted by Crippen LogP contribution is 2.30. The minimum Gasteiger partial charge on any atom is -0.486 e. The van der Waals surface area contributed by atoms with E-state index in [-0.39, 0.29) is 13.2 Å². The largest absolute Gasteiger partial charge is 0.486 e. The average molecular weight is 406 g/mol. The Kier molecular flexibility index (Phi) is 6.22. The Morgan fingerprint density at radius 3 is 2.62 bits per heavy atom. The first-order valence-electron chi connectivity index (χ1n) is 8.50. The summed E-state index contributed by atoms with van der Waals surface area (Å²) < 4.78 is 42.1. The molecule has 1 heterocycles. The number of amides is 3. The van der Waals surface area contributed by atoms with E-state index in [1.165, 1.54) is 0 Å². The van der Waals surface area contributed by atoms with Crippen molar-refractivity contribution in [3.05, 3.63) is 59.7 Å². The van der Waals surface area contributed by atoms with Gasteiger partial charge in [0.1, 0.15) is 18.2 Å². The summed E-state index contributed by atoms with van der Waals surface area (Å²) in [6.07, 6.45) is -0.454. The molecule has 1 aliphatic heterocycles. The maximum absolute atomic E-state index is 13.5. The lowest BCUT2D eigenvalue weighted by Gasteiger charge is -2.26. The fourth-order valence-corrected chi connectivity index (χ4v) is 2.44. The van der Waals surface area contributed by atoms with Crippen LogP contribution >= 0.6 is 0 Å². The number of ether oxygens (including phenoxy) is 3. The zero-order chi connectivity index (χ0) is 20.8. The second kappa shape index (κ2) is 9.00. The Morgan fingerprint density at radius 1 is 1.10 bits per heavy atom. The standard InChI is InChI=1S/C19H16F2N2O6/c20-11-5-6-13(14(21)7-11)18(25)28-10-17(24)23-19(26)22-8-12-9-27-15-3-1-2-4-16(15)29-12/h1-7,12H,8-10H2,(H2,22,23,24,26). The van der Waals surface area contributed by atoms with Crippen molar-refractivity contribution in [2.75, 3.05) is 19.8 Å². The number of para-hydroxylation sites is 2. The molecule has 0 aliphatic carbocycles. The van der Waals surface area contributed by atoms with E-state index in [1.54, 1.807) is 24.3 Å². The van der Waals surface area contributed by atoms with Crippen LogP contribution in [0, 0.1) is 11.6 Å². The van der Waals surface area contributed by atoms with E-state index in [0.717, 1.165) is 12.1 Å². The van der Waals surface area contributed by atoms with Gasteiger partial charge in [0, 0.05) is 6.07 Å². The van der Waals surface area contributed by atoms with Gasteiger partial charge in [0.15, 0.2) is 24.2 Å². The Balaban J connectivity index is 1.39. The Hall–Kier alpha value is -3.69. The number of carbonyl (C=O) groups excluding carboxylic acids is 3. The molecule has 1 atom stereocenters. The topological polar surface area (TPSA) is 103 Å². The van der Waals surface area contributed by atoms with E-state index in [9.17, 15) is 23.2 Å². The number of carbonyl (C=O) groups is 3. The summed E-state index contributed by atoms with van der Waals surface area (Å²) in [5, 5.41) is 4.38. The first kappa shape index (κ1) is 20.1. The zero-order valence-electron chi connectivity index (χ0n) is 14.9. The number of fused-ring (bicyclic) bond motifs is 1. The van der Waals surface area contributed by atoms with Crippen molar-refractivity contribution in [1.29, 1.82) is 0 Å². The molecular formula is C19H16F2N2O6. The van der Waals surface area contributed by atoms with Gasteiger partial charge in [-0.15, -0.1) is 0 Å². The van der Waals surface area contributed by atoms with Crippen LogP contribution in [0.15, 0.2) is 42.5 Å². The van der Waals surface area contributed by atoms with Crippen LogP contribution in [-0.4, -0.2) is 43.8 Å². The molecule has 0 saturated heterocycles. The third-order valence-electron chi connectivity index (χ3n) is 3.80. The quantitative estimate of drug-likeness (QED) is 0.734. The molecular weight excluding hydrogens is 390 g/mol. The van der Waals surface area contributed by atoms with Crippen molar-refractivity contribution < 1.29 is 37.4 Å². The minimum absolute atomic E-state index is 0.0635. The van der Waals surface area contributed by atoms with E-state index in [4.69, 9.17) is 9.47 Å². The highest BCUT2D eigenvalue weighted by atomic mass is 19.1. The van der Waals surface area contributed by atoms with Crippen molar-refractivity contribution in [3.8, 4) is 11.5 Å². The summed E-state index contributed by atoms with van der Waals surface area (Å²) >= 11 is 0. The number of nitrogens with one attached hydrogen (secondary N) is 2. The zero-order valence-corrected chi connectivity index (χ0v) is 14.9. The van der Waals surface area contributed by atoms with Gasteiger partial charge in [-0.2, -0.15) is 0 Å². The van der Waals surface area contributed by atoms with E-state index < -0.39 is 47.8 Å². The molecule has 0 saturated carbocycles. The van der Waals surface area contributed by atoms with E-state index >= 15 is 0 Å². The van der Waals surface area contributed by atoms with Crippen LogP contribution in [0.25, 0.3) is 0 Å². The summed E-state index contributed by atoms with van der Waals surface area (Å²) in [4.78, 5) is 35.2. The SMILES string of the molecule is O=C(COC(=O)c1ccc(F)cc1F)NC(=O)NCC1COc2ccccc2O1. The summed E-state index contributed by atoms with van der Waals surface area (Å²) in [6.45, 7) is -0.542. The third-order valence-corrected chi connectivity index (χ3v) is 3.80. The molecule has 1 aliphatic rings. The summed E-state index contributed by atoms with van der Waals surface area (Å²) in [5.74, 6) is -2.92. The van der Waals surface area contributed by atoms with Crippen molar-refractivity contribution in [3.63, 3.8) is 0 Å². The van der Waals surface area contributed by atoms with Crippen molar-refractivity contribution in [2.45, 2.75) is 6.10 Å². The molecule has 8 nitrogen and oxygen atoms in total. The predicted octanol–water partition coefficient (Wildman–Crippen LogP) is 1.79. The third kappa shape index (κ3) is 5.41. The number of hydrogen-bond acceptors (Lipinski definition) is 6. The lowest BCUT2D eigenvalue weighted by molar-refractivity contribution is -0.123. The molecule has 29 heavy (non-hydrogen) atoms. The van der Waals surface area contributed by atoms with Crippen LogP contribution in [0.4, 0.5) is 13.6 Å². The van der Waals surface area contributed by atoms with Gasteiger partial charge in [0.2, 0.25) is 0 Å². The van der Waals surface area contributed by atoms with Gasteiger partial charge in [0.25, 0.3) is 5.91 Å². The summed E-state index contributed by atoms with van der Waals surface area (Å²) in [7, 11) is 0. The maximum atomic E-state index is 13.5. The molecule has 0 radical (unpaired) electrons. The Labute approximate surface area is 163 Å². The van der Waals surface area contributed by atoms with Crippen LogP contribution in [0.3, 0.4) is 0 Å². The van der Waals surface area contributed by atoms with E-state index in [1.807, 2.05) is 5.32 Å². The van der Waals surface area contributed by atoms with Crippen molar-refractivity contribution in [2.24, 2.45) is 0 Å². The van der Waals surface area contributed by atoms with E-state index in [0.29, 0.717) is 17.6 Å². The fourth-order valence-electron chi connectivity index (χ4n) is 2.44.